The first-order valence-electron chi connectivity index (χ1n) is 9.17. The van der Waals surface area contributed by atoms with E-state index in [0.29, 0.717) is 17.9 Å². The lowest BCUT2D eigenvalue weighted by Crippen LogP contribution is -2.28. The molecule has 7 nitrogen and oxygen atoms in total. The van der Waals surface area contributed by atoms with E-state index in [1.165, 1.54) is 12.1 Å². The number of nitrogens with one attached hydrogen (secondary N) is 2. The van der Waals surface area contributed by atoms with Crippen LogP contribution < -0.4 is 10.6 Å². The molecule has 0 aliphatic rings. The lowest BCUT2D eigenvalue weighted by Gasteiger charge is -2.09. The maximum absolute atomic E-state index is 12.6. The molecule has 0 atom stereocenters. The van der Waals surface area contributed by atoms with E-state index in [0.717, 1.165) is 17.7 Å². The maximum atomic E-state index is 12.6. The van der Waals surface area contributed by atoms with E-state index in [4.69, 9.17) is 0 Å². The molecule has 0 unspecified atom stereocenters. The molecule has 8 heteroatoms. The van der Waals surface area contributed by atoms with E-state index in [9.17, 15) is 13.2 Å². The van der Waals surface area contributed by atoms with Crippen molar-refractivity contribution < 1.29 is 13.2 Å². The van der Waals surface area contributed by atoms with Gasteiger partial charge in [-0.05, 0) is 54.4 Å². The molecule has 1 aromatic carbocycles. The van der Waals surface area contributed by atoms with E-state index in [-0.39, 0.29) is 16.7 Å². The summed E-state index contributed by atoms with van der Waals surface area (Å²) < 4.78 is 25.3. The van der Waals surface area contributed by atoms with Gasteiger partial charge in [-0.15, -0.1) is 0 Å². The van der Waals surface area contributed by atoms with Crippen LogP contribution in [-0.2, 0) is 28.6 Å². The smallest absolute Gasteiger partial charge is 0.319 e. The Hall–Kier alpha value is -3.26. The van der Waals surface area contributed by atoms with Gasteiger partial charge in [-0.25, -0.2) is 13.2 Å². The Kier molecular flexibility index (Phi) is 6.56. The van der Waals surface area contributed by atoms with Crippen LogP contribution in [0.15, 0.2) is 71.9 Å². The van der Waals surface area contributed by atoms with Gasteiger partial charge in [-0.1, -0.05) is 19.1 Å². The number of amides is 2. The summed E-state index contributed by atoms with van der Waals surface area (Å²) in [6.45, 7) is 2.31. The Bertz CT molecular complexity index is 1070. The summed E-state index contributed by atoms with van der Waals surface area (Å²) in [6.07, 6.45) is 4.08. The number of anilines is 1. The predicted octanol–water partition coefficient (Wildman–Crippen LogP) is 3.33. The van der Waals surface area contributed by atoms with E-state index in [1.807, 2.05) is 25.1 Å². The lowest BCUT2D eigenvalue weighted by atomic mass is 10.3. The number of hydrogen-bond donors (Lipinski definition) is 2. The fraction of sp³-hybridized carbons (Fsp3) is 0.190. The number of pyridine rings is 2. The summed E-state index contributed by atoms with van der Waals surface area (Å²) in [4.78, 5) is 20.5. The molecule has 150 valence electrons. The second-order valence-electron chi connectivity index (χ2n) is 6.43. The highest BCUT2D eigenvalue weighted by Crippen LogP contribution is 2.18. The fourth-order valence-corrected chi connectivity index (χ4v) is 3.96. The van der Waals surface area contributed by atoms with Crippen molar-refractivity contribution in [1.29, 1.82) is 0 Å². The third kappa shape index (κ3) is 5.86. The van der Waals surface area contributed by atoms with Crippen LogP contribution in [0.5, 0.6) is 0 Å². The Balaban J connectivity index is 1.60. The number of rotatable bonds is 7. The van der Waals surface area contributed by atoms with Crippen molar-refractivity contribution >= 4 is 21.6 Å². The molecule has 0 bridgehead atoms. The van der Waals surface area contributed by atoms with Gasteiger partial charge < -0.3 is 10.6 Å². The summed E-state index contributed by atoms with van der Waals surface area (Å²) in [5, 5.41) is 5.40. The minimum absolute atomic E-state index is 0.167. The molecule has 2 heterocycles. The molecular weight excluding hydrogens is 388 g/mol. The molecule has 0 radical (unpaired) electrons. The number of carbonyl (C=O) groups excluding carboxylic acids is 1. The minimum atomic E-state index is -3.53. The Morgan fingerprint density at radius 1 is 1.00 bits per heavy atom. The molecule has 3 aromatic rings. The van der Waals surface area contributed by atoms with Crippen molar-refractivity contribution in [3.05, 3.63) is 83.9 Å². The summed E-state index contributed by atoms with van der Waals surface area (Å²) in [6, 6.07) is 14.7. The van der Waals surface area contributed by atoms with Gasteiger partial charge in [0, 0.05) is 30.3 Å². The monoisotopic (exact) mass is 410 g/mol. The summed E-state index contributed by atoms with van der Waals surface area (Å²) >= 11 is 0. The maximum Gasteiger partial charge on any atom is 0.319 e. The number of benzene rings is 1. The topological polar surface area (TPSA) is 101 Å². The van der Waals surface area contributed by atoms with Gasteiger partial charge in [-0.2, -0.15) is 0 Å². The van der Waals surface area contributed by atoms with Crippen molar-refractivity contribution in [3.63, 3.8) is 0 Å². The second-order valence-corrected chi connectivity index (χ2v) is 8.42. The molecule has 0 saturated carbocycles. The van der Waals surface area contributed by atoms with Gasteiger partial charge >= 0.3 is 6.03 Å². The number of sulfone groups is 1. The summed E-state index contributed by atoms with van der Waals surface area (Å²) in [5.74, 6) is -0.167. The molecule has 0 aliphatic heterocycles. The molecule has 2 amide bonds. The van der Waals surface area contributed by atoms with Crippen LogP contribution in [-0.4, -0.2) is 24.4 Å². The van der Waals surface area contributed by atoms with Gasteiger partial charge in [-0.3, -0.25) is 9.97 Å². The van der Waals surface area contributed by atoms with Crippen molar-refractivity contribution in [1.82, 2.24) is 15.3 Å². The van der Waals surface area contributed by atoms with Crippen LogP contribution in [0.1, 0.15) is 23.9 Å². The second kappa shape index (κ2) is 9.29. The molecular formula is C21H22N4O3S. The van der Waals surface area contributed by atoms with Gasteiger partial charge in [0.15, 0.2) is 9.84 Å². The fourth-order valence-electron chi connectivity index (χ4n) is 2.69. The van der Waals surface area contributed by atoms with Crippen molar-refractivity contribution in [2.24, 2.45) is 0 Å². The van der Waals surface area contributed by atoms with E-state index < -0.39 is 9.84 Å². The van der Waals surface area contributed by atoms with E-state index in [1.54, 1.807) is 36.7 Å². The summed E-state index contributed by atoms with van der Waals surface area (Å²) in [5.41, 5.74) is 2.75. The predicted molar refractivity (Wildman–Crippen MR) is 111 cm³/mol. The van der Waals surface area contributed by atoms with Crippen LogP contribution in [0.25, 0.3) is 0 Å². The molecule has 2 N–H and O–H groups in total. The molecule has 2 aromatic heterocycles. The third-order valence-corrected chi connectivity index (χ3v) is 5.88. The zero-order chi connectivity index (χ0) is 20.7. The quantitative estimate of drug-likeness (QED) is 0.622. The van der Waals surface area contributed by atoms with Crippen molar-refractivity contribution in [2.45, 2.75) is 30.5 Å². The Morgan fingerprint density at radius 2 is 1.76 bits per heavy atom. The first-order valence-corrected chi connectivity index (χ1v) is 10.8. The van der Waals surface area contributed by atoms with Gasteiger partial charge in [0.2, 0.25) is 0 Å². The number of aromatic nitrogens is 2. The SMILES string of the molecule is CCc1cccc(CS(=O)(=O)c2ccc(NC(=O)NCc3cccnc3)cc2)n1. The number of hydrogen-bond acceptors (Lipinski definition) is 5. The average Bonchev–Trinajstić information content (AvgIpc) is 2.73. The highest BCUT2D eigenvalue weighted by Gasteiger charge is 2.16. The zero-order valence-electron chi connectivity index (χ0n) is 16.0. The number of aryl methyl sites for hydroxylation is 1. The molecule has 29 heavy (non-hydrogen) atoms. The van der Waals surface area contributed by atoms with Crippen molar-refractivity contribution in [3.8, 4) is 0 Å². The normalized spacial score (nSPS) is 11.1. The Morgan fingerprint density at radius 3 is 2.45 bits per heavy atom. The van der Waals surface area contributed by atoms with E-state index >= 15 is 0 Å². The zero-order valence-corrected chi connectivity index (χ0v) is 16.8. The molecule has 0 fully saturated rings. The van der Waals surface area contributed by atoms with Crippen LogP contribution in [0, 0.1) is 0 Å². The number of nitrogens with zero attached hydrogens (tertiary/aromatic N) is 2. The average molecular weight is 410 g/mol. The molecule has 3 rings (SSSR count). The van der Waals surface area contributed by atoms with Gasteiger partial charge in [0.1, 0.15) is 0 Å². The van der Waals surface area contributed by atoms with Crippen LogP contribution >= 0.6 is 0 Å². The molecule has 0 spiro atoms. The molecule has 0 saturated heterocycles. The van der Waals surface area contributed by atoms with Crippen LogP contribution in [0.2, 0.25) is 0 Å². The third-order valence-electron chi connectivity index (χ3n) is 4.21. The van der Waals surface area contributed by atoms with Gasteiger partial charge in [0.05, 0.1) is 16.3 Å². The lowest BCUT2D eigenvalue weighted by molar-refractivity contribution is 0.251. The van der Waals surface area contributed by atoms with Gasteiger partial charge in [0.25, 0.3) is 0 Å². The van der Waals surface area contributed by atoms with Crippen molar-refractivity contribution in [2.75, 3.05) is 5.32 Å². The molecule has 0 aliphatic carbocycles. The summed E-state index contributed by atoms with van der Waals surface area (Å²) in [7, 11) is -3.53. The van der Waals surface area contributed by atoms with Crippen LogP contribution in [0.4, 0.5) is 10.5 Å². The first kappa shape index (κ1) is 20.5. The first-order chi connectivity index (χ1) is 14.0. The largest absolute Gasteiger partial charge is 0.334 e. The van der Waals surface area contributed by atoms with Crippen LogP contribution in [0.3, 0.4) is 0 Å². The number of urea groups is 1. The number of carbonyl (C=O) groups is 1. The Labute approximate surface area is 170 Å². The highest BCUT2D eigenvalue weighted by molar-refractivity contribution is 7.90. The minimum Gasteiger partial charge on any atom is -0.334 e. The standard InChI is InChI=1S/C21H22N4O3S/c1-2-17-6-3-7-19(24-17)15-29(27,28)20-10-8-18(9-11-20)25-21(26)23-14-16-5-4-12-22-13-16/h3-13H,2,14-15H2,1H3,(H2,23,25,26). The highest BCUT2D eigenvalue weighted by atomic mass is 32.2. The van der Waals surface area contributed by atoms with E-state index in [2.05, 4.69) is 20.6 Å².